The van der Waals surface area contributed by atoms with Crippen molar-refractivity contribution in [1.29, 1.82) is 0 Å². The van der Waals surface area contributed by atoms with Crippen LogP contribution >= 0.6 is 0 Å². The van der Waals surface area contributed by atoms with Crippen LogP contribution in [0.25, 0.3) is 0 Å². The normalized spacial score (nSPS) is 23.4. The molecule has 2 amide bonds. The van der Waals surface area contributed by atoms with E-state index < -0.39 is 0 Å². The number of hydrogen-bond donors (Lipinski definition) is 2. The molecule has 0 unspecified atom stereocenters. The van der Waals surface area contributed by atoms with Gasteiger partial charge in [0.1, 0.15) is 0 Å². The van der Waals surface area contributed by atoms with Crippen molar-refractivity contribution in [1.82, 2.24) is 15.5 Å². The van der Waals surface area contributed by atoms with Gasteiger partial charge in [-0.15, -0.1) is 0 Å². The molecule has 25 heavy (non-hydrogen) atoms. The van der Waals surface area contributed by atoms with Gasteiger partial charge in [0.15, 0.2) is 0 Å². The van der Waals surface area contributed by atoms with Crippen LogP contribution in [-0.2, 0) is 11.3 Å². The molecule has 2 N–H and O–H groups in total. The van der Waals surface area contributed by atoms with Gasteiger partial charge in [-0.1, -0.05) is 18.6 Å². The predicted octanol–water partition coefficient (Wildman–Crippen LogP) is 2.29. The highest BCUT2D eigenvalue weighted by atomic mass is 16.5. The Bertz CT molecular complexity index is 608. The number of nitrogens with zero attached hydrogens (tertiary/aromatic N) is 1. The number of rotatable bonds is 5. The van der Waals surface area contributed by atoms with Crippen LogP contribution < -0.4 is 10.6 Å². The Labute approximate surface area is 148 Å². The Balaban J connectivity index is 1.38. The number of hydrogen-bond acceptors (Lipinski definition) is 4. The molecule has 3 rings (SSSR count). The number of benzene rings is 1. The first-order valence-corrected chi connectivity index (χ1v) is 9.11. The zero-order valence-electron chi connectivity index (χ0n) is 14.8. The first-order chi connectivity index (χ1) is 12.2. The third-order valence-corrected chi connectivity index (χ3v) is 5.16. The molecule has 0 radical (unpaired) electrons. The van der Waals surface area contributed by atoms with Crippen LogP contribution in [0.4, 0.5) is 4.79 Å². The van der Waals surface area contributed by atoms with Crippen LogP contribution in [0.15, 0.2) is 24.3 Å². The number of carbonyl (C=O) groups is 2. The highest BCUT2D eigenvalue weighted by Crippen LogP contribution is 2.28. The van der Waals surface area contributed by atoms with E-state index in [0.717, 1.165) is 18.4 Å². The number of likely N-dealkylation sites (tertiary alicyclic amines) is 1. The standard InChI is InChI=1S/C19H27N3O3/c1-25-18(23)15-7-5-6-14(10-15)13-20-19(24)21-16-11-17(12-16)22-8-3-2-4-9-22/h5-7,10,16-17H,2-4,8-9,11-13H2,1H3,(H2,20,21,24). The zero-order chi connectivity index (χ0) is 17.6. The lowest BCUT2D eigenvalue weighted by Gasteiger charge is -2.44. The molecule has 1 saturated heterocycles. The maximum Gasteiger partial charge on any atom is 0.337 e. The van der Waals surface area contributed by atoms with E-state index in [9.17, 15) is 9.59 Å². The number of nitrogens with one attached hydrogen (secondary N) is 2. The molecule has 1 saturated carbocycles. The van der Waals surface area contributed by atoms with E-state index in [1.165, 1.54) is 39.5 Å². The summed E-state index contributed by atoms with van der Waals surface area (Å²) in [6, 6.07) is 7.87. The van der Waals surface area contributed by atoms with Crippen molar-refractivity contribution in [3.63, 3.8) is 0 Å². The first-order valence-electron chi connectivity index (χ1n) is 9.11. The van der Waals surface area contributed by atoms with Crippen molar-refractivity contribution >= 4 is 12.0 Å². The topological polar surface area (TPSA) is 70.7 Å². The fourth-order valence-corrected chi connectivity index (χ4v) is 3.63. The fourth-order valence-electron chi connectivity index (χ4n) is 3.63. The average Bonchev–Trinajstić information content (AvgIpc) is 2.63. The van der Waals surface area contributed by atoms with Gasteiger partial charge in [-0.2, -0.15) is 0 Å². The van der Waals surface area contributed by atoms with Crippen LogP contribution in [0.2, 0.25) is 0 Å². The highest BCUT2D eigenvalue weighted by molar-refractivity contribution is 5.89. The van der Waals surface area contributed by atoms with E-state index in [0.29, 0.717) is 18.2 Å². The molecule has 6 nitrogen and oxygen atoms in total. The summed E-state index contributed by atoms with van der Waals surface area (Å²) < 4.78 is 4.71. The lowest BCUT2D eigenvalue weighted by Crippen LogP contribution is -2.56. The molecule has 6 heteroatoms. The summed E-state index contributed by atoms with van der Waals surface area (Å²) >= 11 is 0. The Morgan fingerprint density at radius 2 is 1.96 bits per heavy atom. The van der Waals surface area contributed by atoms with Crippen molar-refractivity contribution < 1.29 is 14.3 Å². The van der Waals surface area contributed by atoms with E-state index in [1.54, 1.807) is 18.2 Å². The van der Waals surface area contributed by atoms with Gasteiger partial charge in [-0.3, -0.25) is 0 Å². The minimum Gasteiger partial charge on any atom is -0.465 e. The van der Waals surface area contributed by atoms with Crippen molar-refractivity contribution in [2.45, 2.75) is 50.7 Å². The molecule has 2 aliphatic rings. The summed E-state index contributed by atoms with van der Waals surface area (Å²) in [5.74, 6) is -0.371. The Morgan fingerprint density at radius 3 is 2.68 bits per heavy atom. The van der Waals surface area contributed by atoms with Crippen molar-refractivity contribution in [3.05, 3.63) is 35.4 Å². The molecule has 136 valence electrons. The molecule has 1 aromatic carbocycles. The minimum absolute atomic E-state index is 0.148. The van der Waals surface area contributed by atoms with E-state index in [2.05, 4.69) is 15.5 Å². The van der Waals surface area contributed by atoms with Gasteiger partial charge in [0.05, 0.1) is 12.7 Å². The Hall–Kier alpha value is -2.08. The molecule has 0 spiro atoms. The molecule has 1 aliphatic heterocycles. The van der Waals surface area contributed by atoms with E-state index in [1.807, 2.05) is 6.07 Å². The largest absolute Gasteiger partial charge is 0.465 e. The molecular weight excluding hydrogens is 318 g/mol. The van der Waals surface area contributed by atoms with Crippen LogP contribution in [0.5, 0.6) is 0 Å². The number of amides is 2. The average molecular weight is 345 g/mol. The third kappa shape index (κ3) is 4.72. The summed E-state index contributed by atoms with van der Waals surface area (Å²) in [4.78, 5) is 26.1. The number of esters is 1. The molecule has 1 heterocycles. The second kappa shape index (κ2) is 8.34. The van der Waals surface area contributed by atoms with E-state index in [-0.39, 0.29) is 18.0 Å². The zero-order valence-corrected chi connectivity index (χ0v) is 14.8. The Kier molecular flexibility index (Phi) is 5.91. The van der Waals surface area contributed by atoms with Crippen LogP contribution in [0, 0.1) is 0 Å². The van der Waals surface area contributed by atoms with Crippen molar-refractivity contribution in [3.8, 4) is 0 Å². The number of carbonyl (C=O) groups excluding carboxylic acids is 2. The SMILES string of the molecule is COC(=O)c1cccc(CNC(=O)NC2CC(N3CCCCC3)C2)c1. The molecule has 1 aromatic rings. The van der Waals surface area contributed by atoms with Gasteiger partial charge in [-0.25, -0.2) is 9.59 Å². The van der Waals surface area contributed by atoms with Gasteiger partial charge >= 0.3 is 12.0 Å². The van der Waals surface area contributed by atoms with Crippen LogP contribution in [0.3, 0.4) is 0 Å². The lowest BCUT2D eigenvalue weighted by atomic mass is 9.84. The quantitative estimate of drug-likeness (QED) is 0.803. The maximum atomic E-state index is 12.1. The van der Waals surface area contributed by atoms with Gasteiger partial charge in [0.25, 0.3) is 0 Å². The second-order valence-electron chi connectivity index (χ2n) is 6.94. The molecule has 0 atom stereocenters. The van der Waals surface area contributed by atoms with Crippen LogP contribution in [-0.4, -0.2) is 49.2 Å². The summed E-state index contributed by atoms with van der Waals surface area (Å²) in [6.07, 6.45) is 6.06. The molecule has 0 aromatic heterocycles. The smallest absolute Gasteiger partial charge is 0.337 e. The molecular formula is C19H27N3O3. The number of ether oxygens (including phenoxy) is 1. The maximum absolute atomic E-state index is 12.1. The second-order valence-corrected chi connectivity index (χ2v) is 6.94. The van der Waals surface area contributed by atoms with E-state index in [4.69, 9.17) is 4.74 Å². The van der Waals surface area contributed by atoms with Crippen molar-refractivity contribution in [2.24, 2.45) is 0 Å². The van der Waals surface area contributed by atoms with Crippen molar-refractivity contribution in [2.75, 3.05) is 20.2 Å². The fraction of sp³-hybridized carbons (Fsp3) is 0.579. The summed E-state index contributed by atoms with van der Waals surface area (Å²) in [6.45, 7) is 2.80. The monoisotopic (exact) mass is 345 g/mol. The molecule has 0 bridgehead atoms. The van der Waals surface area contributed by atoms with Gasteiger partial charge in [0.2, 0.25) is 0 Å². The van der Waals surface area contributed by atoms with Gasteiger partial charge in [0, 0.05) is 18.6 Å². The van der Waals surface area contributed by atoms with Gasteiger partial charge in [-0.05, 0) is 56.5 Å². The molecule has 1 aliphatic carbocycles. The summed E-state index contributed by atoms with van der Waals surface area (Å²) in [5, 5.41) is 5.90. The number of urea groups is 1. The number of piperidine rings is 1. The van der Waals surface area contributed by atoms with Gasteiger partial charge < -0.3 is 20.3 Å². The van der Waals surface area contributed by atoms with E-state index >= 15 is 0 Å². The third-order valence-electron chi connectivity index (χ3n) is 5.16. The molecule has 2 fully saturated rings. The minimum atomic E-state index is -0.371. The first kappa shape index (κ1) is 17.7. The predicted molar refractivity (Wildman–Crippen MR) is 95.4 cm³/mol. The Morgan fingerprint density at radius 1 is 1.20 bits per heavy atom. The lowest BCUT2D eigenvalue weighted by molar-refractivity contribution is 0.0600. The van der Waals surface area contributed by atoms with Crippen LogP contribution in [0.1, 0.15) is 48.0 Å². The highest BCUT2D eigenvalue weighted by Gasteiger charge is 2.34. The number of methoxy groups -OCH3 is 1. The summed E-state index contributed by atoms with van der Waals surface area (Å²) in [5.41, 5.74) is 1.36. The summed E-state index contributed by atoms with van der Waals surface area (Å²) in [7, 11) is 1.36.